The first-order valence-corrected chi connectivity index (χ1v) is 6.12. The van der Waals surface area contributed by atoms with Gasteiger partial charge in [-0.15, -0.1) is 0 Å². The molecule has 0 unspecified atom stereocenters. The van der Waals surface area contributed by atoms with Crippen molar-refractivity contribution >= 4 is 40.3 Å². The van der Waals surface area contributed by atoms with Gasteiger partial charge < -0.3 is 15.8 Å². The predicted octanol–water partition coefficient (Wildman–Crippen LogP) is 4.47. The van der Waals surface area contributed by atoms with E-state index in [0.717, 1.165) is 5.69 Å². The van der Waals surface area contributed by atoms with Gasteiger partial charge >= 0.3 is 0 Å². The van der Waals surface area contributed by atoms with E-state index < -0.39 is 5.82 Å². The Morgan fingerprint density at radius 1 is 1.11 bits per heavy atom. The second kappa shape index (κ2) is 5.55. The average molecular weight is 301 g/mol. The molecule has 0 heterocycles. The summed E-state index contributed by atoms with van der Waals surface area (Å²) in [6, 6.07) is 8.09. The van der Waals surface area contributed by atoms with Crippen LogP contribution in [0.4, 0.5) is 21.5 Å². The highest BCUT2D eigenvalue weighted by Gasteiger charge is 2.08. The van der Waals surface area contributed by atoms with E-state index in [1.807, 2.05) is 0 Å². The maximum Gasteiger partial charge on any atom is 0.160 e. The summed E-state index contributed by atoms with van der Waals surface area (Å²) in [6.45, 7) is 0. The topological polar surface area (TPSA) is 47.3 Å². The first-order chi connectivity index (χ1) is 9.01. The molecule has 2 aromatic rings. The lowest BCUT2D eigenvalue weighted by Gasteiger charge is -2.11. The van der Waals surface area contributed by atoms with Crippen molar-refractivity contribution in [3.63, 3.8) is 0 Å². The molecular weight excluding hydrogens is 290 g/mol. The Kier molecular flexibility index (Phi) is 4.02. The SMILES string of the molecule is COc1cc(Nc2cc(Cl)c(F)c(Cl)c2)ccc1N. The normalized spacial score (nSPS) is 10.3. The van der Waals surface area contributed by atoms with Gasteiger partial charge in [0.05, 0.1) is 22.8 Å². The van der Waals surface area contributed by atoms with Crippen molar-refractivity contribution in [3.05, 3.63) is 46.2 Å². The molecule has 0 saturated heterocycles. The van der Waals surface area contributed by atoms with E-state index in [0.29, 0.717) is 17.1 Å². The summed E-state index contributed by atoms with van der Waals surface area (Å²) in [5.41, 5.74) is 7.55. The minimum Gasteiger partial charge on any atom is -0.495 e. The lowest BCUT2D eigenvalue weighted by Crippen LogP contribution is -1.96. The number of hydrogen-bond acceptors (Lipinski definition) is 3. The Labute approximate surface area is 120 Å². The Balaban J connectivity index is 2.31. The number of nitrogens with two attached hydrogens (primary N) is 1. The van der Waals surface area contributed by atoms with Crippen LogP contribution in [0, 0.1) is 5.82 Å². The number of hydrogen-bond donors (Lipinski definition) is 2. The molecule has 0 amide bonds. The van der Waals surface area contributed by atoms with Gasteiger partial charge in [0, 0.05) is 17.4 Å². The summed E-state index contributed by atoms with van der Waals surface area (Å²) >= 11 is 11.4. The fraction of sp³-hybridized carbons (Fsp3) is 0.0769. The smallest absolute Gasteiger partial charge is 0.160 e. The minimum atomic E-state index is -0.635. The molecule has 0 fully saturated rings. The number of halogens is 3. The van der Waals surface area contributed by atoms with E-state index in [2.05, 4.69) is 5.32 Å². The molecule has 0 saturated carbocycles. The van der Waals surface area contributed by atoms with Gasteiger partial charge in [0.25, 0.3) is 0 Å². The van der Waals surface area contributed by atoms with Gasteiger partial charge in [0.2, 0.25) is 0 Å². The summed E-state index contributed by atoms with van der Waals surface area (Å²) in [6.07, 6.45) is 0. The number of nitrogen functional groups attached to an aromatic ring is 1. The van der Waals surface area contributed by atoms with Crippen LogP contribution in [0.1, 0.15) is 0 Å². The molecule has 0 aliphatic carbocycles. The van der Waals surface area contributed by atoms with Crippen molar-refractivity contribution in [2.45, 2.75) is 0 Å². The number of methoxy groups -OCH3 is 1. The lowest BCUT2D eigenvalue weighted by atomic mass is 10.2. The summed E-state index contributed by atoms with van der Waals surface area (Å²) in [5, 5.41) is 2.96. The fourth-order valence-corrected chi connectivity index (χ4v) is 2.07. The Morgan fingerprint density at radius 3 is 2.32 bits per heavy atom. The molecule has 0 radical (unpaired) electrons. The van der Waals surface area contributed by atoms with E-state index in [9.17, 15) is 4.39 Å². The average Bonchev–Trinajstić information content (AvgIpc) is 2.38. The molecule has 0 aliphatic heterocycles. The molecule has 0 bridgehead atoms. The Morgan fingerprint density at radius 2 is 1.74 bits per heavy atom. The molecule has 0 spiro atoms. The molecule has 0 aromatic heterocycles. The second-order valence-electron chi connectivity index (χ2n) is 3.84. The molecular formula is C13H11Cl2FN2O. The molecule has 6 heteroatoms. The van der Waals surface area contributed by atoms with E-state index in [1.54, 1.807) is 18.2 Å². The fourth-order valence-electron chi connectivity index (χ4n) is 1.58. The van der Waals surface area contributed by atoms with Crippen molar-refractivity contribution in [1.29, 1.82) is 0 Å². The minimum absolute atomic E-state index is 0.0441. The van der Waals surface area contributed by atoms with Crippen LogP contribution >= 0.6 is 23.2 Å². The monoisotopic (exact) mass is 300 g/mol. The molecule has 19 heavy (non-hydrogen) atoms. The van der Waals surface area contributed by atoms with Gasteiger partial charge in [-0.25, -0.2) is 4.39 Å². The van der Waals surface area contributed by atoms with Crippen LogP contribution in [0.25, 0.3) is 0 Å². The van der Waals surface area contributed by atoms with Crippen molar-refractivity contribution in [2.75, 3.05) is 18.2 Å². The number of ether oxygens (including phenoxy) is 1. The van der Waals surface area contributed by atoms with Crippen LogP contribution in [0.15, 0.2) is 30.3 Å². The molecule has 2 rings (SSSR count). The number of benzene rings is 2. The Hall–Kier alpha value is -1.65. The molecule has 3 nitrogen and oxygen atoms in total. The number of anilines is 3. The standard InChI is InChI=1S/C13H11Cl2FN2O/c1-19-12-6-7(2-3-11(12)17)18-8-4-9(14)13(16)10(15)5-8/h2-6,18H,17H2,1H3. The van der Waals surface area contributed by atoms with Crippen LogP contribution in [0.5, 0.6) is 5.75 Å². The quantitative estimate of drug-likeness (QED) is 0.649. The first kappa shape index (κ1) is 13.8. The highest BCUT2D eigenvalue weighted by molar-refractivity contribution is 6.35. The summed E-state index contributed by atoms with van der Waals surface area (Å²) in [4.78, 5) is 0. The van der Waals surface area contributed by atoms with Crippen molar-refractivity contribution in [3.8, 4) is 5.75 Å². The van der Waals surface area contributed by atoms with Crippen molar-refractivity contribution in [1.82, 2.24) is 0 Å². The zero-order valence-corrected chi connectivity index (χ0v) is 11.5. The first-order valence-electron chi connectivity index (χ1n) is 5.36. The Bertz CT molecular complexity index is 597. The highest BCUT2D eigenvalue weighted by atomic mass is 35.5. The highest BCUT2D eigenvalue weighted by Crippen LogP contribution is 2.31. The third-order valence-electron chi connectivity index (χ3n) is 2.51. The van der Waals surface area contributed by atoms with E-state index in [1.165, 1.54) is 19.2 Å². The van der Waals surface area contributed by atoms with Crippen molar-refractivity contribution in [2.24, 2.45) is 0 Å². The van der Waals surface area contributed by atoms with Gasteiger partial charge in [-0.1, -0.05) is 23.2 Å². The summed E-state index contributed by atoms with van der Waals surface area (Å²) < 4.78 is 18.4. The summed E-state index contributed by atoms with van der Waals surface area (Å²) in [7, 11) is 1.53. The molecule has 3 N–H and O–H groups in total. The zero-order valence-electron chi connectivity index (χ0n) is 10.0. The van der Waals surface area contributed by atoms with Crippen LogP contribution in [-0.4, -0.2) is 7.11 Å². The number of rotatable bonds is 3. The third kappa shape index (κ3) is 3.03. The molecule has 0 atom stereocenters. The third-order valence-corrected chi connectivity index (χ3v) is 3.06. The maximum absolute atomic E-state index is 13.3. The molecule has 2 aromatic carbocycles. The zero-order chi connectivity index (χ0) is 14.0. The van der Waals surface area contributed by atoms with Crippen LogP contribution < -0.4 is 15.8 Å². The van der Waals surface area contributed by atoms with E-state index in [-0.39, 0.29) is 10.0 Å². The van der Waals surface area contributed by atoms with Gasteiger partial charge in [0.1, 0.15) is 5.75 Å². The predicted molar refractivity (Wildman–Crippen MR) is 77.1 cm³/mol. The lowest BCUT2D eigenvalue weighted by molar-refractivity contribution is 0.417. The van der Waals surface area contributed by atoms with Crippen molar-refractivity contribution < 1.29 is 9.13 Å². The van der Waals surface area contributed by atoms with Gasteiger partial charge in [-0.05, 0) is 24.3 Å². The largest absolute Gasteiger partial charge is 0.495 e. The van der Waals surface area contributed by atoms with Crippen LogP contribution in [-0.2, 0) is 0 Å². The summed E-state index contributed by atoms with van der Waals surface area (Å²) in [5.74, 6) is -0.0897. The van der Waals surface area contributed by atoms with E-state index in [4.69, 9.17) is 33.7 Å². The number of nitrogens with one attached hydrogen (secondary N) is 1. The van der Waals surface area contributed by atoms with Gasteiger partial charge in [0.15, 0.2) is 5.82 Å². The molecule has 100 valence electrons. The van der Waals surface area contributed by atoms with Crippen LogP contribution in [0.2, 0.25) is 10.0 Å². The van der Waals surface area contributed by atoms with Gasteiger partial charge in [-0.2, -0.15) is 0 Å². The molecule has 0 aliphatic rings. The van der Waals surface area contributed by atoms with Gasteiger partial charge in [-0.3, -0.25) is 0 Å². The van der Waals surface area contributed by atoms with E-state index >= 15 is 0 Å². The second-order valence-corrected chi connectivity index (χ2v) is 4.65. The van der Waals surface area contributed by atoms with Crippen LogP contribution in [0.3, 0.4) is 0 Å². The maximum atomic E-state index is 13.3.